The molecule has 1 aromatic carbocycles. The molecule has 0 saturated heterocycles. The van der Waals surface area contributed by atoms with Gasteiger partial charge in [0.2, 0.25) is 0 Å². The molecule has 5 heteroatoms. The van der Waals surface area contributed by atoms with Crippen molar-refractivity contribution in [2.75, 3.05) is 0 Å². The van der Waals surface area contributed by atoms with Crippen LogP contribution in [0, 0.1) is 11.8 Å². The maximum atomic E-state index is 12.2. The molecule has 1 fully saturated rings. The van der Waals surface area contributed by atoms with Crippen LogP contribution in [-0.2, 0) is 0 Å². The quantitative estimate of drug-likeness (QED) is 0.917. The van der Waals surface area contributed by atoms with Crippen LogP contribution in [0.4, 0.5) is 8.78 Å². The lowest BCUT2D eigenvalue weighted by molar-refractivity contribution is -0.0498. The number of hydrogen-bond acceptors (Lipinski definition) is 2. The lowest BCUT2D eigenvalue weighted by Crippen LogP contribution is -2.43. The number of benzene rings is 1. The van der Waals surface area contributed by atoms with E-state index in [2.05, 4.69) is 23.9 Å². The number of hydrogen-bond donors (Lipinski definition) is 1. The van der Waals surface area contributed by atoms with E-state index in [1.54, 1.807) is 12.1 Å². The predicted octanol–water partition coefficient (Wildman–Crippen LogP) is 3.84. The third-order valence-electron chi connectivity index (χ3n) is 4.34. The van der Waals surface area contributed by atoms with Crippen LogP contribution in [0.15, 0.2) is 24.3 Å². The van der Waals surface area contributed by atoms with Crippen LogP contribution in [0.25, 0.3) is 0 Å². The highest BCUT2D eigenvalue weighted by molar-refractivity contribution is 5.94. The minimum absolute atomic E-state index is 0.00251. The van der Waals surface area contributed by atoms with Crippen molar-refractivity contribution in [3.63, 3.8) is 0 Å². The van der Waals surface area contributed by atoms with Gasteiger partial charge in [0.05, 0.1) is 0 Å². The molecule has 2 rings (SSSR count). The van der Waals surface area contributed by atoms with Crippen LogP contribution in [0.2, 0.25) is 0 Å². The van der Waals surface area contributed by atoms with Gasteiger partial charge in [-0.15, -0.1) is 0 Å². The van der Waals surface area contributed by atoms with Gasteiger partial charge in [0.25, 0.3) is 5.91 Å². The second-order valence-electron chi connectivity index (χ2n) is 5.75. The number of rotatable bonds is 4. The fourth-order valence-electron chi connectivity index (χ4n) is 2.85. The molecule has 116 valence electrons. The van der Waals surface area contributed by atoms with Gasteiger partial charge in [-0.3, -0.25) is 4.79 Å². The van der Waals surface area contributed by atoms with E-state index in [1.165, 1.54) is 18.6 Å². The van der Waals surface area contributed by atoms with E-state index in [1.807, 2.05) is 0 Å². The average molecular weight is 297 g/mol. The van der Waals surface area contributed by atoms with Crippen molar-refractivity contribution in [2.24, 2.45) is 11.8 Å². The number of ether oxygens (including phenoxy) is 1. The molecule has 1 aromatic rings. The summed E-state index contributed by atoms with van der Waals surface area (Å²) in [4.78, 5) is 12.2. The smallest absolute Gasteiger partial charge is 0.387 e. The van der Waals surface area contributed by atoms with E-state index in [-0.39, 0.29) is 17.7 Å². The second-order valence-corrected chi connectivity index (χ2v) is 5.75. The van der Waals surface area contributed by atoms with Crippen LogP contribution in [0.3, 0.4) is 0 Å². The van der Waals surface area contributed by atoms with Crippen molar-refractivity contribution < 1.29 is 18.3 Å². The standard InChI is InChI=1S/C16H21F2NO2/c1-10-5-3-8-14(11(10)2)19-15(20)12-6-4-7-13(9-12)21-16(17)18/h4,6-7,9-11,14,16H,3,5,8H2,1-2H3,(H,19,20). The van der Waals surface area contributed by atoms with Crippen molar-refractivity contribution in [3.05, 3.63) is 29.8 Å². The average Bonchev–Trinajstić information content (AvgIpc) is 2.43. The summed E-state index contributed by atoms with van der Waals surface area (Å²) in [6, 6.07) is 6.04. The van der Waals surface area contributed by atoms with E-state index in [9.17, 15) is 13.6 Å². The lowest BCUT2D eigenvalue weighted by atomic mass is 9.78. The topological polar surface area (TPSA) is 38.3 Å². The SMILES string of the molecule is CC1CCCC(NC(=O)c2cccc(OC(F)F)c2)C1C. The molecule has 3 nitrogen and oxygen atoms in total. The molecule has 0 bridgehead atoms. The monoisotopic (exact) mass is 297 g/mol. The predicted molar refractivity (Wildman–Crippen MR) is 76.5 cm³/mol. The molecule has 3 atom stereocenters. The van der Waals surface area contributed by atoms with E-state index in [0.29, 0.717) is 17.4 Å². The molecule has 0 aliphatic heterocycles. The summed E-state index contributed by atoms with van der Waals surface area (Å²) in [5.74, 6) is 0.768. The molecular formula is C16H21F2NO2. The van der Waals surface area contributed by atoms with Gasteiger partial charge in [0.1, 0.15) is 5.75 Å². The van der Waals surface area contributed by atoms with E-state index >= 15 is 0 Å². The van der Waals surface area contributed by atoms with Gasteiger partial charge in [0, 0.05) is 11.6 Å². The van der Waals surface area contributed by atoms with Gasteiger partial charge in [-0.1, -0.05) is 32.8 Å². The summed E-state index contributed by atoms with van der Waals surface area (Å²) in [5, 5.41) is 3.01. The maximum Gasteiger partial charge on any atom is 0.387 e. The van der Waals surface area contributed by atoms with Crippen molar-refractivity contribution in [1.29, 1.82) is 0 Å². The summed E-state index contributed by atoms with van der Waals surface area (Å²) < 4.78 is 28.7. The largest absolute Gasteiger partial charge is 0.435 e. The van der Waals surface area contributed by atoms with Crippen LogP contribution in [0.5, 0.6) is 5.75 Å². The number of carbonyl (C=O) groups is 1. The summed E-state index contributed by atoms with van der Waals surface area (Å²) in [5.41, 5.74) is 0.346. The normalized spacial score (nSPS) is 25.7. The van der Waals surface area contributed by atoms with Crippen LogP contribution < -0.4 is 10.1 Å². The molecular weight excluding hydrogens is 276 g/mol. The van der Waals surface area contributed by atoms with Gasteiger partial charge in [-0.25, -0.2) is 0 Å². The Hall–Kier alpha value is -1.65. The molecule has 1 N–H and O–H groups in total. The summed E-state index contributed by atoms with van der Waals surface area (Å²) in [6.45, 7) is 1.45. The first-order chi connectivity index (χ1) is 9.97. The number of carbonyl (C=O) groups excluding carboxylic acids is 1. The zero-order chi connectivity index (χ0) is 15.4. The molecule has 1 amide bonds. The second kappa shape index (κ2) is 6.87. The van der Waals surface area contributed by atoms with Crippen molar-refractivity contribution in [3.8, 4) is 5.75 Å². The van der Waals surface area contributed by atoms with Gasteiger partial charge in [-0.05, 0) is 36.5 Å². The fraction of sp³-hybridized carbons (Fsp3) is 0.562. The Balaban J connectivity index is 2.02. The molecule has 1 aliphatic rings. The van der Waals surface area contributed by atoms with Gasteiger partial charge in [-0.2, -0.15) is 8.78 Å². The Bertz CT molecular complexity index is 493. The highest BCUT2D eigenvalue weighted by atomic mass is 19.3. The van der Waals surface area contributed by atoms with Crippen LogP contribution >= 0.6 is 0 Å². The third kappa shape index (κ3) is 4.16. The van der Waals surface area contributed by atoms with Crippen molar-refractivity contribution >= 4 is 5.91 Å². The first-order valence-corrected chi connectivity index (χ1v) is 7.33. The molecule has 0 spiro atoms. The number of alkyl halides is 2. The number of amides is 1. The van der Waals surface area contributed by atoms with Gasteiger partial charge >= 0.3 is 6.61 Å². The molecule has 1 aliphatic carbocycles. The highest BCUT2D eigenvalue weighted by Crippen LogP contribution is 2.29. The zero-order valence-corrected chi connectivity index (χ0v) is 12.3. The maximum absolute atomic E-state index is 12.2. The number of nitrogens with one attached hydrogen (secondary N) is 1. The van der Waals surface area contributed by atoms with Crippen molar-refractivity contribution in [2.45, 2.75) is 45.8 Å². The molecule has 3 unspecified atom stereocenters. The summed E-state index contributed by atoms with van der Waals surface area (Å²) >= 11 is 0. The minimum Gasteiger partial charge on any atom is -0.435 e. The Morgan fingerprint density at radius 1 is 1.33 bits per heavy atom. The Kier molecular flexibility index (Phi) is 5.15. The van der Waals surface area contributed by atoms with E-state index in [0.717, 1.165) is 12.8 Å². The third-order valence-corrected chi connectivity index (χ3v) is 4.34. The summed E-state index contributed by atoms with van der Waals surface area (Å²) in [6.07, 6.45) is 3.25. The molecule has 1 saturated carbocycles. The first-order valence-electron chi connectivity index (χ1n) is 7.33. The highest BCUT2D eigenvalue weighted by Gasteiger charge is 2.28. The van der Waals surface area contributed by atoms with Crippen LogP contribution in [0.1, 0.15) is 43.5 Å². The van der Waals surface area contributed by atoms with Gasteiger partial charge in [0.15, 0.2) is 0 Å². The van der Waals surface area contributed by atoms with Crippen LogP contribution in [-0.4, -0.2) is 18.6 Å². The molecule has 0 aromatic heterocycles. The van der Waals surface area contributed by atoms with E-state index < -0.39 is 6.61 Å². The Morgan fingerprint density at radius 2 is 2.10 bits per heavy atom. The molecule has 0 heterocycles. The summed E-state index contributed by atoms with van der Waals surface area (Å²) in [7, 11) is 0. The lowest BCUT2D eigenvalue weighted by Gasteiger charge is -2.34. The van der Waals surface area contributed by atoms with Crippen molar-refractivity contribution in [1.82, 2.24) is 5.32 Å². The zero-order valence-electron chi connectivity index (χ0n) is 12.3. The Morgan fingerprint density at radius 3 is 2.81 bits per heavy atom. The molecule has 21 heavy (non-hydrogen) atoms. The Labute approximate surface area is 123 Å². The van der Waals surface area contributed by atoms with E-state index in [4.69, 9.17) is 0 Å². The minimum atomic E-state index is -2.89. The molecule has 0 radical (unpaired) electrons. The number of halogens is 2. The first kappa shape index (κ1) is 15.7. The fourth-order valence-corrected chi connectivity index (χ4v) is 2.85. The van der Waals surface area contributed by atoms with Gasteiger partial charge < -0.3 is 10.1 Å².